The molecule has 1 atom stereocenters. The number of rotatable bonds is 5. The lowest BCUT2D eigenvalue weighted by Crippen LogP contribution is -2.53. The number of amides is 2. The number of nitrogens with zero attached hydrogens (tertiary/aromatic N) is 1. The zero-order valence-corrected chi connectivity index (χ0v) is 11.2. The first-order valence-corrected chi connectivity index (χ1v) is 5.59. The molecule has 0 aliphatic carbocycles. The minimum atomic E-state index is -1.02. The average Bonchev–Trinajstić information content (AvgIpc) is 2.19. The zero-order valence-electron chi connectivity index (χ0n) is 11.2. The molecule has 0 aliphatic heterocycles. The van der Waals surface area contributed by atoms with Gasteiger partial charge in [-0.2, -0.15) is 0 Å². The van der Waals surface area contributed by atoms with E-state index in [0.717, 1.165) is 0 Å². The second-order valence-electron chi connectivity index (χ2n) is 5.11. The van der Waals surface area contributed by atoms with Gasteiger partial charge in [0.2, 0.25) is 0 Å². The smallest absolute Gasteiger partial charge is 0.326 e. The number of hydrogen-bond donors (Lipinski definition) is 3. The number of carbonyl (C=O) groups excluding carboxylic acids is 1. The quantitative estimate of drug-likeness (QED) is 0.652. The van der Waals surface area contributed by atoms with Crippen LogP contribution >= 0.6 is 0 Å². The van der Waals surface area contributed by atoms with Gasteiger partial charge < -0.3 is 20.6 Å². The van der Waals surface area contributed by atoms with E-state index in [4.69, 9.17) is 5.11 Å². The molecule has 17 heavy (non-hydrogen) atoms. The van der Waals surface area contributed by atoms with Crippen LogP contribution in [-0.2, 0) is 4.79 Å². The highest BCUT2D eigenvalue weighted by atomic mass is 16.4. The highest BCUT2D eigenvalue weighted by molar-refractivity contribution is 5.83. The third-order valence-electron chi connectivity index (χ3n) is 2.42. The van der Waals surface area contributed by atoms with Crippen molar-refractivity contribution in [2.24, 2.45) is 5.41 Å². The van der Waals surface area contributed by atoms with Gasteiger partial charge in [0.05, 0.1) is 0 Å². The Labute approximate surface area is 102 Å². The van der Waals surface area contributed by atoms with E-state index in [9.17, 15) is 9.59 Å². The van der Waals surface area contributed by atoms with Crippen molar-refractivity contribution in [2.75, 3.05) is 27.2 Å². The SMILES string of the molecule is CNCCN(C)C(=O)N[C@@H](C(=O)O)C(C)(C)C. The number of likely N-dealkylation sites (N-methyl/N-ethyl adjacent to an activating group) is 2. The molecule has 0 fully saturated rings. The van der Waals surface area contributed by atoms with Gasteiger partial charge in [-0.25, -0.2) is 9.59 Å². The summed E-state index contributed by atoms with van der Waals surface area (Å²) in [6.07, 6.45) is 0. The van der Waals surface area contributed by atoms with Crippen molar-refractivity contribution < 1.29 is 14.7 Å². The fourth-order valence-electron chi connectivity index (χ4n) is 1.26. The Morgan fingerprint density at radius 1 is 1.35 bits per heavy atom. The molecular formula is C11H23N3O3. The molecule has 0 aromatic carbocycles. The summed E-state index contributed by atoms with van der Waals surface area (Å²) in [7, 11) is 3.43. The molecule has 0 aromatic rings. The van der Waals surface area contributed by atoms with Crippen LogP contribution in [0.1, 0.15) is 20.8 Å². The molecule has 0 bridgehead atoms. The lowest BCUT2D eigenvalue weighted by atomic mass is 9.87. The van der Waals surface area contributed by atoms with E-state index in [-0.39, 0.29) is 6.03 Å². The summed E-state index contributed by atoms with van der Waals surface area (Å²) in [4.78, 5) is 24.3. The van der Waals surface area contributed by atoms with E-state index in [1.54, 1.807) is 34.9 Å². The van der Waals surface area contributed by atoms with Crippen LogP contribution in [0.5, 0.6) is 0 Å². The summed E-state index contributed by atoms with van der Waals surface area (Å²) in [6.45, 7) is 6.52. The molecule has 100 valence electrons. The maximum atomic E-state index is 11.7. The van der Waals surface area contributed by atoms with E-state index in [1.165, 1.54) is 4.90 Å². The lowest BCUT2D eigenvalue weighted by molar-refractivity contribution is -0.142. The maximum absolute atomic E-state index is 11.7. The van der Waals surface area contributed by atoms with Crippen molar-refractivity contribution >= 4 is 12.0 Å². The largest absolute Gasteiger partial charge is 0.480 e. The van der Waals surface area contributed by atoms with E-state index in [0.29, 0.717) is 13.1 Å². The summed E-state index contributed by atoms with van der Waals surface area (Å²) >= 11 is 0. The third-order valence-corrected chi connectivity index (χ3v) is 2.42. The van der Waals surface area contributed by atoms with Crippen molar-refractivity contribution in [1.29, 1.82) is 0 Å². The summed E-state index contributed by atoms with van der Waals surface area (Å²) in [5, 5.41) is 14.5. The van der Waals surface area contributed by atoms with Crippen molar-refractivity contribution in [1.82, 2.24) is 15.5 Å². The summed E-state index contributed by atoms with van der Waals surface area (Å²) in [6, 6.07) is -1.27. The Morgan fingerprint density at radius 3 is 2.24 bits per heavy atom. The van der Waals surface area contributed by atoms with Gasteiger partial charge in [-0.05, 0) is 12.5 Å². The number of aliphatic carboxylic acids is 1. The van der Waals surface area contributed by atoms with E-state index in [2.05, 4.69) is 10.6 Å². The van der Waals surface area contributed by atoms with E-state index < -0.39 is 17.4 Å². The molecule has 3 N–H and O–H groups in total. The van der Waals surface area contributed by atoms with Crippen molar-refractivity contribution in [2.45, 2.75) is 26.8 Å². The van der Waals surface area contributed by atoms with Crippen LogP contribution in [0.25, 0.3) is 0 Å². The molecule has 0 aliphatic rings. The Kier molecular flexibility index (Phi) is 5.95. The number of urea groups is 1. The minimum Gasteiger partial charge on any atom is -0.480 e. The van der Waals surface area contributed by atoms with Crippen LogP contribution in [0.15, 0.2) is 0 Å². The standard InChI is InChI=1S/C11H23N3O3/c1-11(2,3)8(9(15)16)13-10(17)14(5)7-6-12-4/h8,12H,6-7H2,1-5H3,(H,13,17)(H,15,16)/t8-/m0/s1. The fraction of sp³-hybridized carbons (Fsp3) is 0.818. The number of nitrogens with one attached hydrogen (secondary N) is 2. The van der Waals surface area contributed by atoms with Crippen LogP contribution in [0, 0.1) is 5.41 Å². The molecule has 0 saturated carbocycles. The Bertz CT molecular complexity index is 274. The van der Waals surface area contributed by atoms with Crippen LogP contribution in [0.4, 0.5) is 4.79 Å². The Hall–Kier alpha value is -1.30. The normalized spacial score (nSPS) is 13.0. The molecule has 0 aromatic heterocycles. The summed E-state index contributed by atoms with van der Waals surface area (Å²) < 4.78 is 0. The van der Waals surface area contributed by atoms with Gasteiger partial charge in [-0.15, -0.1) is 0 Å². The monoisotopic (exact) mass is 245 g/mol. The fourth-order valence-corrected chi connectivity index (χ4v) is 1.26. The predicted octanol–water partition coefficient (Wildman–Crippen LogP) is 0.347. The average molecular weight is 245 g/mol. The molecule has 0 spiro atoms. The first-order chi connectivity index (χ1) is 7.70. The number of carboxylic acids is 1. The van der Waals surface area contributed by atoms with Crippen LogP contribution < -0.4 is 10.6 Å². The molecule has 0 rings (SSSR count). The van der Waals surface area contributed by atoms with Gasteiger partial charge in [0, 0.05) is 20.1 Å². The van der Waals surface area contributed by atoms with Gasteiger partial charge >= 0.3 is 12.0 Å². The highest BCUT2D eigenvalue weighted by Gasteiger charge is 2.33. The second-order valence-corrected chi connectivity index (χ2v) is 5.11. The molecular weight excluding hydrogens is 222 g/mol. The first-order valence-electron chi connectivity index (χ1n) is 5.59. The Balaban J connectivity index is 4.47. The number of carbonyl (C=O) groups is 2. The topological polar surface area (TPSA) is 81.7 Å². The predicted molar refractivity (Wildman–Crippen MR) is 66.0 cm³/mol. The summed E-state index contributed by atoms with van der Waals surface area (Å²) in [5.41, 5.74) is -0.522. The van der Waals surface area contributed by atoms with Gasteiger partial charge in [-0.1, -0.05) is 20.8 Å². The number of carboxylic acid groups (broad SMARTS) is 1. The highest BCUT2D eigenvalue weighted by Crippen LogP contribution is 2.19. The molecule has 0 unspecified atom stereocenters. The molecule has 0 saturated heterocycles. The maximum Gasteiger partial charge on any atom is 0.326 e. The van der Waals surface area contributed by atoms with Gasteiger partial charge in [0.15, 0.2) is 0 Å². The van der Waals surface area contributed by atoms with Crippen molar-refractivity contribution in [3.05, 3.63) is 0 Å². The molecule has 6 nitrogen and oxygen atoms in total. The third kappa shape index (κ3) is 5.53. The second kappa shape index (κ2) is 6.44. The van der Waals surface area contributed by atoms with Crippen LogP contribution in [-0.4, -0.2) is 55.2 Å². The molecule has 0 radical (unpaired) electrons. The number of hydrogen-bond acceptors (Lipinski definition) is 3. The van der Waals surface area contributed by atoms with Crippen molar-refractivity contribution in [3.63, 3.8) is 0 Å². The summed E-state index contributed by atoms with van der Waals surface area (Å²) in [5.74, 6) is -1.02. The van der Waals surface area contributed by atoms with Crippen LogP contribution in [0.2, 0.25) is 0 Å². The molecule has 0 heterocycles. The van der Waals surface area contributed by atoms with Gasteiger partial charge in [0.1, 0.15) is 6.04 Å². The van der Waals surface area contributed by atoms with Gasteiger partial charge in [0.25, 0.3) is 0 Å². The Morgan fingerprint density at radius 2 is 1.88 bits per heavy atom. The molecule has 2 amide bonds. The lowest BCUT2D eigenvalue weighted by Gasteiger charge is -2.29. The van der Waals surface area contributed by atoms with Crippen LogP contribution in [0.3, 0.4) is 0 Å². The van der Waals surface area contributed by atoms with E-state index in [1.807, 2.05) is 0 Å². The van der Waals surface area contributed by atoms with Crippen molar-refractivity contribution in [3.8, 4) is 0 Å². The van der Waals surface area contributed by atoms with Gasteiger partial charge in [-0.3, -0.25) is 0 Å². The first kappa shape index (κ1) is 15.7. The van der Waals surface area contributed by atoms with E-state index >= 15 is 0 Å². The zero-order chi connectivity index (χ0) is 13.6. The minimum absolute atomic E-state index is 0.373. The molecule has 6 heteroatoms.